The molecule has 0 unspecified atom stereocenters. The van der Waals surface area contributed by atoms with E-state index in [1.165, 1.54) is 0 Å². The van der Waals surface area contributed by atoms with Crippen molar-refractivity contribution in [2.75, 3.05) is 18.0 Å². The highest BCUT2D eigenvalue weighted by Gasteiger charge is 2.34. The molecule has 1 aliphatic carbocycles. The molecule has 1 aliphatic heterocycles. The Kier molecular flexibility index (Phi) is 6.80. The summed E-state index contributed by atoms with van der Waals surface area (Å²) >= 11 is 19.7. The Hall–Kier alpha value is -3.72. The zero-order chi connectivity index (χ0) is 29.1. The molecule has 2 fully saturated rings. The van der Waals surface area contributed by atoms with Crippen LogP contribution in [0.5, 0.6) is 5.75 Å². The SMILES string of the molecule is Cn1nc(C(=O)O)c2ccc(C3CN(c4ccc(OCc5c(-c6c(Cl)cccc6Cl)noc5C5CC5)cc4Cl)C3)cc21. The summed E-state index contributed by atoms with van der Waals surface area (Å²) in [6, 6.07) is 16.9. The summed E-state index contributed by atoms with van der Waals surface area (Å²) in [5.74, 6) is 1.05. The molecule has 11 heteroatoms. The van der Waals surface area contributed by atoms with E-state index >= 15 is 0 Å². The van der Waals surface area contributed by atoms with Crippen LogP contribution in [0.15, 0.2) is 59.1 Å². The molecule has 0 spiro atoms. The molecule has 42 heavy (non-hydrogen) atoms. The number of rotatable bonds is 8. The number of aromatic nitrogens is 3. The monoisotopic (exact) mass is 622 g/mol. The number of hydrogen-bond donors (Lipinski definition) is 1. The number of carbonyl (C=O) groups is 1. The number of aryl methyl sites for hydroxylation is 1. The molecular formula is C31H25Cl3N4O4. The average molecular weight is 624 g/mol. The molecule has 2 aromatic heterocycles. The van der Waals surface area contributed by atoms with Gasteiger partial charge in [0, 0.05) is 49.0 Å². The summed E-state index contributed by atoms with van der Waals surface area (Å²) in [5.41, 5.74) is 5.04. The van der Waals surface area contributed by atoms with Crippen LogP contribution < -0.4 is 9.64 Å². The molecule has 1 N–H and O–H groups in total. The highest BCUT2D eigenvalue weighted by atomic mass is 35.5. The van der Waals surface area contributed by atoms with Crippen molar-refractivity contribution in [3.63, 3.8) is 0 Å². The van der Waals surface area contributed by atoms with Crippen molar-refractivity contribution in [2.24, 2.45) is 7.05 Å². The number of benzene rings is 3. The Morgan fingerprint density at radius 2 is 1.79 bits per heavy atom. The summed E-state index contributed by atoms with van der Waals surface area (Å²) in [7, 11) is 1.76. The van der Waals surface area contributed by atoms with Gasteiger partial charge in [-0.25, -0.2) is 4.79 Å². The molecule has 1 saturated heterocycles. The highest BCUT2D eigenvalue weighted by Crippen LogP contribution is 2.46. The van der Waals surface area contributed by atoms with Crippen molar-refractivity contribution in [2.45, 2.75) is 31.3 Å². The number of carboxylic acids is 1. The molecule has 1 saturated carbocycles. The van der Waals surface area contributed by atoms with Gasteiger partial charge in [0.25, 0.3) is 0 Å². The first-order chi connectivity index (χ1) is 20.3. The lowest BCUT2D eigenvalue weighted by molar-refractivity contribution is 0.0691. The van der Waals surface area contributed by atoms with Gasteiger partial charge in [0.15, 0.2) is 5.69 Å². The first-order valence-corrected chi connectivity index (χ1v) is 14.7. The summed E-state index contributed by atoms with van der Waals surface area (Å²) in [6.45, 7) is 1.83. The molecule has 0 atom stereocenters. The predicted molar refractivity (Wildman–Crippen MR) is 162 cm³/mol. The first-order valence-electron chi connectivity index (χ1n) is 13.6. The van der Waals surface area contributed by atoms with E-state index in [1.54, 1.807) is 29.9 Å². The van der Waals surface area contributed by atoms with Crippen LogP contribution in [0.4, 0.5) is 5.69 Å². The number of carboxylic acid groups (broad SMARTS) is 1. The second-order valence-electron chi connectivity index (χ2n) is 10.8. The van der Waals surface area contributed by atoms with E-state index in [-0.39, 0.29) is 12.3 Å². The van der Waals surface area contributed by atoms with Crippen LogP contribution in [0.25, 0.3) is 22.2 Å². The largest absolute Gasteiger partial charge is 0.489 e. The second kappa shape index (κ2) is 10.5. The van der Waals surface area contributed by atoms with Crippen molar-refractivity contribution in [3.05, 3.63) is 92.2 Å². The lowest BCUT2D eigenvalue weighted by Gasteiger charge is -2.42. The minimum Gasteiger partial charge on any atom is -0.489 e. The molecular weight excluding hydrogens is 599 g/mol. The number of hydrogen-bond acceptors (Lipinski definition) is 6. The van der Waals surface area contributed by atoms with Crippen molar-refractivity contribution >= 4 is 57.4 Å². The third kappa shape index (κ3) is 4.77. The molecule has 0 radical (unpaired) electrons. The number of aromatic carboxylic acids is 1. The minimum atomic E-state index is -1.03. The Balaban J connectivity index is 1.06. The third-order valence-corrected chi connectivity index (χ3v) is 8.97. The van der Waals surface area contributed by atoms with Crippen LogP contribution in [0.3, 0.4) is 0 Å². The summed E-state index contributed by atoms with van der Waals surface area (Å²) < 4.78 is 13.6. The van der Waals surface area contributed by atoms with Crippen molar-refractivity contribution in [1.29, 1.82) is 0 Å². The Morgan fingerprint density at radius 3 is 2.48 bits per heavy atom. The number of anilines is 1. The van der Waals surface area contributed by atoms with Crippen molar-refractivity contribution in [3.8, 4) is 17.0 Å². The molecule has 3 aromatic carbocycles. The highest BCUT2D eigenvalue weighted by molar-refractivity contribution is 6.39. The minimum absolute atomic E-state index is 0.0695. The van der Waals surface area contributed by atoms with Gasteiger partial charge in [-0.3, -0.25) is 4.68 Å². The lowest BCUT2D eigenvalue weighted by atomic mass is 9.90. The molecule has 0 bridgehead atoms. The van der Waals surface area contributed by atoms with Gasteiger partial charge >= 0.3 is 5.97 Å². The van der Waals surface area contributed by atoms with Gasteiger partial charge in [-0.1, -0.05) is 58.2 Å². The Morgan fingerprint density at radius 1 is 1.02 bits per heavy atom. The van der Waals surface area contributed by atoms with E-state index in [0.717, 1.165) is 54.0 Å². The van der Waals surface area contributed by atoms with Crippen LogP contribution >= 0.6 is 34.8 Å². The van der Waals surface area contributed by atoms with Gasteiger partial charge in [0.2, 0.25) is 0 Å². The van der Waals surface area contributed by atoms with Gasteiger partial charge in [-0.05, 0) is 48.7 Å². The van der Waals surface area contributed by atoms with Crippen LogP contribution in [-0.4, -0.2) is 39.1 Å². The number of fused-ring (bicyclic) bond motifs is 1. The fourth-order valence-corrected chi connectivity index (χ4v) is 6.48. The third-order valence-electron chi connectivity index (χ3n) is 8.04. The van der Waals surface area contributed by atoms with Gasteiger partial charge in [0.05, 0.1) is 31.8 Å². The maximum absolute atomic E-state index is 11.5. The lowest BCUT2D eigenvalue weighted by Crippen LogP contribution is -2.45. The van der Waals surface area contributed by atoms with Crippen LogP contribution in [0, 0.1) is 0 Å². The van der Waals surface area contributed by atoms with Crippen molar-refractivity contribution in [1.82, 2.24) is 14.9 Å². The topological polar surface area (TPSA) is 93.6 Å². The molecule has 3 heterocycles. The van der Waals surface area contributed by atoms with Crippen LogP contribution in [0.1, 0.15) is 52.1 Å². The zero-order valence-corrected chi connectivity index (χ0v) is 24.7. The summed E-state index contributed by atoms with van der Waals surface area (Å²) in [6.07, 6.45) is 2.10. The summed E-state index contributed by atoms with van der Waals surface area (Å²) in [4.78, 5) is 13.7. The van der Waals surface area contributed by atoms with Crippen LogP contribution in [0.2, 0.25) is 15.1 Å². The van der Waals surface area contributed by atoms with Gasteiger partial charge in [-0.2, -0.15) is 5.10 Å². The van der Waals surface area contributed by atoms with Gasteiger partial charge < -0.3 is 19.3 Å². The first kappa shape index (κ1) is 27.1. The van der Waals surface area contributed by atoms with E-state index in [2.05, 4.69) is 15.2 Å². The second-order valence-corrected chi connectivity index (χ2v) is 12.0. The molecule has 8 nitrogen and oxygen atoms in total. The maximum atomic E-state index is 11.5. The molecule has 5 aromatic rings. The van der Waals surface area contributed by atoms with E-state index in [0.29, 0.717) is 49.3 Å². The normalized spacial score (nSPS) is 15.3. The number of halogens is 3. The van der Waals surface area contributed by atoms with Gasteiger partial charge in [-0.15, -0.1) is 0 Å². The summed E-state index contributed by atoms with van der Waals surface area (Å²) in [5, 5.41) is 20.1. The molecule has 7 rings (SSSR count). The van der Waals surface area contributed by atoms with Gasteiger partial charge in [0.1, 0.15) is 23.8 Å². The van der Waals surface area contributed by atoms with E-state index in [4.69, 9.17) is 44.1 Å². The Labute approximate surface area is 256 Å². The quantitative estimate of drug-likeness (QED) is 0.187. The molecule has 2 aliphatic rings. The Bertz CT molecular complexity index is 1840. The van der Waals surface area contributed by atoms with E-state index in [9.17, 15) is 9.90 Å². The van der Waals surface area contributed by atoms with Crippen LogP contribution in [-0.2, 0) is 13.7 Å². The standard InChI is InChI=1S/C31H25Cl3N4O4/c1-37-26-11-17(7-9-20(26)29(35-37)31(39)40)18-13-38(14-18)25-10-8-19(12-24(25)34)41-15-21-28(36-42-30(21)16-5-6-16)27-22(32)3-2-4-23(27)33/h2-4,7-12,16,18H,5-6,13-15H2,1H3,(H,39,40). The predicted octanol–water partition coefficient (Wildman–Crippen LogP) is 7.95. The molecule has 0 amide bonds. The van der Waals surface area contributed by atoms with E-state index < -0.39 is 5.97 Å². The fraction of sp³-hybridized carbons (Fsp3) is 0.258. The molecule has 214 valence electrons. The van der Waals surface area contributed by atoms with E-state index in [1.807, 2.05) is 36.4 Å². The average Bonchev–Trinajstić information content (AvgIpc) is 3.61. The van der Waals surface area contributed by atoms with Crippen molar-refractivity contribution < 1.29 is 19.2 Å². The maximum Gasteiger partial charge on any atom is 0.357 e. The number of ether oxygens (including phenoxy) is 1. The fourth-order valence-electron chi connectivity index (χ4n) is 5.61. The number of nitrogens with zero attached hydrogens (tertiary/aromatic N) is 4. The zero-order valence-electron chi connectivity index (χ0n) is 22.5. The smallest absolute Gasteiger partial charge is 0.357 e.